The summed E-state index contributed by atoms with van der Waals surface area (Å²) in [5.74, 6) is -1.50. The average molecular weight is 526 g/mol. The summed E-state index contributed by atoms with van der Waals surface area (Å²) in [5.41, 5.74) is 0.727. The summed E-state index contributed by atoms with van der Waals surface area (Å²) in [4.78, 5) is 39.7. The maximum absolute atomic E-state index is 13.2. The molecule has 1 aliphatic rings. The van der Waals surface area contributed by atoms with Crippen LogP contribution in [0.2, 0.25) is 10.0 Å². The number of fused-ring (bicyclic) bond motifs is 1. The predicted molar refractivity (Wildman–Crippen MR) is 129 cm³/mol. The molecule has 182 valence electrons. The van der Waals surface area contributed by atoms with Crippen LogP contribution in [0.15, 0.2) is 47.4 Å². The molecule has 0 spiro atoms. The van der Waals surface area contributed by atoms with Crippen LogP contribution < -0.4 is 5.32 Å². The first-order valence-electron chi connectivity index (χ1n) is 10.7. The Bertz CT molecular complexity index is 1220. The number of hydrogen-bond acceptors (Lipinski definition) is 5. The van der Waals surface area contributed by atoms with Gasteiger partial charge in [-0.1, -0.05) is 48.3 Å². The van der Waals surface area contributed by atoms with Gasteiger partial charge in [0, 0.05) is 26.1 Å². The Kier molecular flexibility index (Phi) is 8.22. The molecule has 0 aromatic heterocycles. The molecule has 0 saturated heterocycles. The van der Waals surface area contributed by atoms with Crippen LogP contribution in [0.4, 0.5) is 0 Å². The maximum Gasteiger partial charge on any atom is 0.269 e. The van der Waals surface area contributed by atoms with Crippen molar-refractivity contribution in [3.8, 4) is 0 Å². The smallest absolute Gasteiger partial charge is 0.269 e. The second-order valence-corrected chi connectivity index (χ2v) is 10.5. The monoisotopic (exact) mass is 525 g/mol. The number of nitrogens with one attached hydrogen (secondary N) is 1. The molecular weight excluding hydrogens is 501 g/mol. The first kappa shape index (κ1) is 26.0. The lowest BCUT2D eigenvalue weighted by molar-refractivity contribution is -0.140. The summed E-state index contributed by atoms with van der Waals surface area (Å²) in [6.45, 7) is 3.67. The summed E-state index contributed by atoms with van der Waals surface area (Å²) in [6.07, 6.45) is 0.445. The number of hydrogen-bond donors (Lipinski definition) is 1. The van der Waals surface area contributed by atoms with Crippen molar-refractivity contribution in [3.05, 3.63) is 63.6 Å². The van der Waals surface area contributed by atoms with E-state index in [1.54, 1.807) is 31.2 Å². The van der Waals surface area contributed by atoms with Gasteiger partial charge >= 0.3 is 0 Å². The molecule has 8 nitrogen and oxygen atoms in total. The van der Waals surface area contributed by atoms with Crippen LogP contribution in [0.5, 0.6) is 0 Å². The van der Waals surface area contributed by atoms with Gasteiger partial charge in [0.25, 0.3) is 15.9 Å². The van der Waals surface area contributed by atoms with Crippen LogP contribution in [0, 0.1) is 0 Å². The molecule has 0 aliphatic carbocycles. The Hall–Kier alpha value is -2.62. The summed E-state index contributed by atoms with van der Waals surface area (Å²) < 4.78 is 26.3. The van der Waals surface area contributed by atoms with E-state index < -0.39 is 27.9 Å². The van der Waals surface area contributed by atoms with Gasteiger partial charge in [-0.25, -0.2) is 12.7 Å². The molecule has 1 atom stereocenters. The second-order valence-electron chi connectivity index (χ2n) is 7.87. The van der Waals surface area contributed by atoms with Crippen molar-refractivity contribution in [2.24, 2.45) is 0 Å². The highest BCUT2D eigenvalue weighted by atomic mass is 35.5. The largest absolute Gasteiger partial charge is 0.354 e. The van der Waals surface area contributed by atoms with Gasteiger partial charge in [-0.3, -0.25) is 14.4 Å². The molecule has 3 amide bonds. The Morgan fingerprint density at radius 2 is 1.82 bits per heavy atom. The highest BCUT2D eigenvalue weighted by molar-refractivity contribution is 7.90. The van der Waals surface area contributed by atoms with E-state index in [2.05, 4.69) is 5.32 Å². The minimum absolute atomic E-state index is 0.0529. The van der Waals surface area contributed by atoms with Gasteiger partial charge in [0.2, 0.25) is 11.8 Å². The molecule has 0 bridgehead atoms. The van der Waals surface area contributed by atoms with E-state index in [0.717, 1.165) is 6.42 Å². The van der Waals surface area contributed by atoms with Gasteiger partial charge in [0.05, 0.1) is 15.6 Å². The summed E-state index contributed by atoms with van der Waals surface area (Å²) >= 11 is 12.1. The normalized spacial score (nSPS) is 15.1. The standard InChI is InChI=1S/C23H25Cl2N3O5S/c1-3-11-26-22(30)15(2)27(14-16-8-9-18(24)19(25)13-16)21(29)10-12-28-23(31)17-6-4-5-7-20(17)34(28,32)33/h4-9,13,15H,3,10-12,14H2,1-2H3,(H,26,30)/t15-/m0/s1. The summed E-state index contributed by atoms with van der Waals surface area (Å²) in [7, 11) is -4.03. The van der Waals surface area contributed by atoms with Crippen molar-refractivity contribution in [2.45, 2.75) is 44.2 Å². The number of benzene rings is 2. The van der Waals surface area contributed by atoms with Crippen LogP contribution in [-0.4, -0.2) is 54.5 Å². The summed E-state index contributed by atoms with van der Waals surface area (Å²) in [6, 6.07) is 9.97. The van der Waals surface area contributed by atoms with Gasteiger partial charge in [-0.15, -0.1) is 0 Å². The number of nitrogens with zero attached hydrogens (tertiary/aromatic N) is 2. The molecule has 34 heavy (non-hydrogen) atoms. The van der Waals surface area contributed by atoms with E-state index in [4.69, 9.17) is 23.2 Å². The molecule has 0 fully saturated rings. The van der Waals surface area contributed by atoms with Crippen LogP contribution in [0.3, 0.4) is 0 Å². The van der Waals surface area contributed by atoms with Crippen molar-refractivity contribution in [1.82, 2.24) is 14.5 Å². The minimum Gasteiger partial charge on any atom is -0.354 e. The van der Waals surface area contributed by atoms with E-state index in [0.29, 0.717) is 26.5 Å². The number of amides is 3. The first-order valence-corrected chi connectivity index (χ1v) is 12.9. The van der Waals surface area contributed by atoms with Crippen molar-refractivity contribution >= 4 is 50.9 Å². The van der Waals surface area contributed by atoms with Crippen LogP contribution in [0.25, 0.3) is 0 Å². The minimum atomic E-state index is -4.03. The van der Waals surface area contributed by atoms with Gasteiger partial charge in [0.15, 0.2) is 0 Å². The van der Waals surface area contributed by atoms with E-state index >= 15 is 0 Å². The molecule has 2 aromatic carbocycles. The van der Waals surface area contributed by atoms with Crippen molar-refractivity contribution in [2.75, 3.05) is 13.1 Å². The lowest BCUT2D eigenvalue weighted by atomic mass is 10.1. The van der Waals surface area contributed by atoms with E-state index in [-0.39, 0.29) is 35.9 Å². The van der Waals surface area contributed by atoms with Gasteiger partial charge in [0.1, 0.15) is 10.9 Å². The predicted octanol–water partition coefficient (Wildman–Crippen LogP) is 3.47. The van der Waals surface area contributed by atoms with E-state index in [1.807, 2.05) is 6.92 Å². The fraction of sp³-hybridized carbons (Fsp3) is 0.348. The number of halogens is 2. The third kappa shape index (κ3) is 5.37. The first-order chi connectivity index (χ1) is 16.1. The van der Waals surface area contributed by atoms with Crippen LogP contribution in [-0.2, 0) is 26.2 Å². The Labute approximate surface area is 208 Å². The average Bonchev–Trinajstić information content (AvgIpc) is 3.01. The van der Waals surface area contributed by atoms with Crippen LogP contribution in [0.1, 0.15) is 42.6 Å². The number of rotatable bonds is 9. The summed E-state index contributed by atoms with van der Waals surface area (Å²) in [5, 5.41) is 3.43. The zero-order chi connectivity index (χ0) is 25.0. The van der Waals surface area contributed by atoms with E-state index in [9.17, 15) is 22.8 Å². The third-order valence-electron chi connectivity index (χ3n) is 5.49. The molecule has 1 aliphatic heterocycles. The van der Waals surface area contributed by atoms with Gasteiger partial charge in [-0.05, 0) is 43.2 Å². The zero-order valence-corrected chi connectivity index (χ0v) is 21.1. The van der Waals surface area contributed by atoms with E-state index in [1.165, 1.54) is 23.1 Å². The van der Waals surface area contributed by atoms with Crippen molar-refractivity contribution in [3.63, 3.8) is 0 Å². The van der Waals surface area contributed by atoms with Gasteiger partial charge < -0.3 is 10.2 Å². The third-order valence-corrected chi connectivity index (χ3v) is 8.07. The van der Waals surface area contributed by atoms with Crippen molar-refractivity contribution < 1.29 is 22.8 Å². The molecule has 0 unspecified atom stereocenters. The van der Waals surface area contributed by atoms with Crippen LogP contribution >= 0.6 is 23.2 Å². The van der Waals surface area contributed by atoms with Gasteiger partial charge in [-0.2, -0.15) is 0 Å². The second kappa shape index (κ2) is 10.8. The topological polar surface area (TPSA) is 104 Å². The SMILES string of the molecule is CCCNC(=O)[C@H](C)N(Cc1ccc(Cl)c(Cl)c1)C(=O)CCN1C(=O)c2ccccc2S1(=O)=O. The van der Waals surface area contributed by atoms with Crippen molar-refractivity contribution in [1.29, 1.82) is 0 Å². The molecule has 0 saturated carbocycles. The number of sulfonamides is 1. The molecule has 3 rings (SSSR count). The lowest BCUT2D eigenvalue weighted by Gasteiger charge is -2.29. The molecule has 2 aromatic rings. The number of carbonyl (C=O) groups is 3. The fourth-order valence-corrected chi connectivity index (χ4v) is 5.50. The Balaban J connectivity index is 1.80. The Morgan fingerprint density at radius 1 is 1.12 bits per heavy atom. The molecular formula is C23H25Cl2N3O5S. The highest BCUT2D eigenvalue weighted by Crippen LogP contribution is 2.30. The Morgan fingerprint density at radius 3 is 2.47 bits per heavy atom. The molecule has 1 N–H and O–H groups in total. The lowest BCUT2D eigenvalue weighted by Crippen LogP contribution is -2.48. The fourth-order valence-electron chi connectivity index (χ4n) is 3.61. The molecule has 0 radical (unpaired) electrons. The number of carbonyl (C=O) groups excluding carboxylic acids is 3. The maximum atomic E-state index is 13.2. The molecule has 11 heteroatoms. The zero-order valence-electron chi connectivity index (χ0n) is 18.8. The quantitative estimate of drug-likeness (QED) is 0.539. The molecule has 1 heterocycles. The highest BCUT2D eigenvalue weighted by Gasteiger charge is 2.41.